The van der Waals surface area contributed by atoms with Gasteiger partial charge in [-0.3, -0.25) is 14.8 Å². The molecule has 3 rings (SSSR count). The van der Waals surface area contributed by atoms with Crippen LogP contribution in [0.5, 0.6) is 0 Å². The number of amides is 1. The quantitative estimate of drug-likeness (QED) is 0.677. The van der Waals surface area contributed by atoms with Gasteiger partial charge in [-0.1, -0.05) is 22.0 Å². The molecule has 0 fully saturated rings. The molecule has 0 aliphatic heterocycles. The molecule has 0 saturated carbocycles. The van der Waals surface area contributed by atoms with Crippen molar-refractivity contribution in [3.8, 4) is 0 Å². The summed E-state index contributed by atoms with van der Waals surface area (Å²) in [7, 11) is 0. The van der Waals surface area contributed by atoms with Crippen LogP contribution < -0.4 is 10.6 Å². The van der Waals surface area contributed by atoms with E-state index in [-0.39, 0.29) is 5.91 Å². The zero-order valence-electron chi connectivity index (χ0n) is 13.7. The number of hydrogen-bond donors (Lipinski definition) is 2. The van der Waals surface area contributed by atoms with Gasteiger partial charge in [0.25, 0.3) is 5.91 Å². The lowest BCUT2D eigenvalue weighted by Crippen LogP contribution is -2.24. The number of halogens is 1. The summed E-state index contributed by atoms with van der Waals surface area (Å²) in [6, 6.07) is 15.1. The highest BCUT2D eigenvalue weighted by molar-refractivity contribution is 9.10. The molecule has 0 unspecified atom stereocenters. The maximum absolute atomic E-state index is 12.3. The number of carbonyl (C=O) groups excluding carboxylic acids is 1. The summed E-state index contributed by atoms with van der Waals surface area (Å²) in [6.45, 7) is 2.39. The largest absolute Gasteiger partial charge is 0.355 e. The molecule has 0 bridgehead atoms. The second-order valence-electron chi connectivity index (χ2n) is 5.52. The zero-order valence-corrected chi connectivity index (χ0v) is 15.2. The highest BCUT2D eigenvalue weighted by atomic mass is 79.9. The number of hydrogen-bond acceptors (Lipinski definition) is 4. The lowest BCUT2D eigenvalue weighted by Gasteiger charge is -2.11. The van der Waals surface area contributed by atoms with E-state index in [0.29, 0.717) is 12.2 Å². The van der Waals surface area contributed by atoms with Crippen molar-refractivity contribution in [2.24, 2.45) is 0 Å². The lowest BCUT2D eigenvalue weighted by molar-refractivity contribution is 0.0945. The van der Waals surface area contributed by atoms with E-state index in [1.165, 1.54) is 0 Å². The predicted molar refractivity (Wildman–Crippen MR) is 102 cm³/mol. The van der Waals surface area contributed by atoms with Crippen molar-refractivity contribution in [3.63, 3.8) is 0 Å². The molecule has 3 aromatic rings. The smallest absolute Gasteiger partial charge is 0.270 e. The van der Waals surface area contributed by atoms with Crippen molar-refractivity contribution < 1.29 is 4.79 Å². The van der Waals surface area contributed by atoms with Gasteiger partial charge in [-0.2, -0.15) is 0 Å². The Hall–Kier alpha value is -2.73. The Kier molecular flexibility index (Phi) is 5.40. The number of nitrogens with zero attached hydrogens (tertiary/aromatic N) is 2. The summed E-state index contributed by atoms with van der Waals surface area (Å²) in [4.78, 5) is 20.6. The minimum absolute atomic E-state index is 0.234. The molecule has 2 heterocycles. The zero-order chi connectivity index (χ0) is 17.6. The first kappa shape index (κ1) is 17.1. The van der Waals surface area contributed by atoms with Crippen molar-refractivity contribution in [2.75, 3.05) is 5.32 Å². The average molecular weight is 397 g/mol. The van der Waals surface area contributed by atoms with Gasteiger partial charge in [-0.25, -0.2) is 0 Å². The molecule has 0 aliphatic rings. The maximum Gasteiger partial charge on any atom is 0.270 e. The Bertz CT molecular complexity index is 884. The molecule has 6 heteroatoms. The van der Waals surface area contributed by atoms with Crippen LogP contribution in [0.2, 0.25) is 0 Å². The van der Waals surface area contributed by atoms with Gasteiger partial charge in [0.15, 0.2) is 0 Å². The Morgan fingerprint density at radius 2 is 1.96 bits per heavy atom. The molecule has 1 amide bonds. The van der Waals surface area contributed by atoms with Crippen molar-refractivity contribution in [2.45, 2.75) is 13.5 Å². The molecule has 25 heavy (non-hydrogen) atoms. The van der Waals surface area contributed by atoms with Crippen molar-refractivity contribution >= 4 is 33.2 Å². The van der Waals surface area contributed by atoms with Gasteiger partial charge in [0.1, 0.15) is 5.69 Å². The Labute approximate surface area is 154 Å². The molecule has 0 radical (unpaired) electrons. The van der Waals surface area contributed by atoms with E-state index < -0.39 is 0 Å². The first-order valence-electron chi connectivity index (χ1n) is 7.79. The fourth-order valence-electron chi connectivity index (χ4n) is 2.32. The monoisotopic (exact) mass is 396 g/mol. The Balaban J connectivity index is 1.69. The molecule has 0 atom stereocenters. The third-order valence-corrected chi connectivity index (χ3v) is 4.11. The van der Waals surface area contributed by atoms with Gasteiger partial charge < -0.3 is 10.6 Å². The lowest BCUT2D eigenvalue weighted by atomic mass is 10.2. The van der Waals surface area contributed by atoms with E-state index in [1.54, 1.807) is 18.5 Å². The van der Waals surface area contributed by atoms with Crippen LogP contribution in [-0.2, 0) is 6.54 Å². The predicted octanol–water partition coefficient (Wildman–Crippen LogP) is 4.22. The van der Waals surface area contributed by atoms with Crippen LogP contribution >= 0.6 is 15.9 Å². The van der Waals surface area contributed by atoms with Crippen LogP contribution in [0.3, 0.4) is 0 Å². The SMILES string of the molecule is Cc1cc(Br)ccc1Nc1ccnc(C(=O)NCc2ccccn2)c1. The number of benzene rings is 1. The molecule has 126 valence electrons. The fourth-order valence-corrected chi connectivity index (χ4v) is 2.79. The van der Waals surface area contributed by atoms with E-state index in [0.717, 1.165) is 27.1 Å². The molecule has 2 N–H and O–H groups in total. The number of aromatic nitrogens is 2. The Morgan fingerprint density at radius 3 is 2.72 bits per heavy atom. The molecule has 5 nitrogen and oxygen atoms in total. The molecule has 1 aromatic carbocycles. The topological polar surface area (TPSA) is 66.9 Å². The Morgan fingerprint density at radius 1 is 1.08 bits per heavy atom. The minimum Gasteiger partial charge on any atom is -0.355 e. The van der Waals surface area contributed by atoms with Crippen LogP contribution in [0.4, 0.5) is 11.4 Å². The standard InChI is InChI=1S/C19H17BrN4O/c1-13-10-14(20)5-6-17(13)24-15-7-9-22-18(11-15)19(25)23-12-16-4-2-3-8-21-16/h2-11H,12H2,1H3,(H,22,24)(H,23,25). The summed E-state index contributed by atoms with van der Waals surface area (Å²) in [5, 5.41) is 6.14. The van der Waals surface area contributed by atoms with Crippen molar-refractivity contribution in [3.05, 3.63) is 82.3 Å². The van der Waals surface area contributed by atoms with Crippen molar-refractivity contribution in [1.29, 1.82) is 0 Å². The minimum atomic E-state index is -0.234. The van der Waals surface area contributed by atoms with Crippen LogP contribution in [0, 0.1) is 6.92 Å². The number of rotatable bonds is 5. The summed E-state index contributed by atoms with van der Waals surface area (Å²) in [5.74, 6) is -0.234. The second-order valence-corrected chi connectivity index (χ2v) is 6.43. The van der Waals surface area contributed by atoms with Gasteiger partial charge >= 0.3 is 0 Å². The molecule has 0 spiro atoms. The highest BCUT2D eigenvalue weighted by Gasteiger charge is 2.09. The first-order valence-corrected chi connectivity index (χ1v) is 8.58. The number of anilines is 2. The number of aryl methyl sites for hydroxylation is 1. The first-order chi connectivity index (χ1) is 12.1. The molecule has 0 saturated heterocycles. The summed E-state index contributed by atoms with van der Waals surface area (Å²) < 4.78 is 1.03. The van der Waals surface area contributed by atoms with Crippen LogP contribution in [0.15, 0.2) is 65.4 Å². The summed E-state index contributed by atoms with van der Waals surface area (Å²) >= 11 is 3.45. The molecular formula is C19H17BrN4O. The van der Waals surface area contributed by atoms with Gasteiger partial charge in [-0.15, -0.1) is 0 Å². The summed E-state index contributed by atoms with van der Waals surface area (Å²) in [5.41, 5.74) is 4.05. The highest BCUT2D eigenvalue weighted by Crippen LogP contribution is 2.23. The van der Waals surface area contributed by atoms with Crippen LogP contribution in [0.1, 0.15) is 21.7 Å². The average Bonchev–Trinajstić information content (AvgIpc) is 2.63. The number of pyridine rings is 2. The molecular weight excluding hydrogens is 380 g/mol. The van der Waals surface area contributed by atoms with E-state index in [2.05, 4.69) is 36.5 Å². The second kappa shape index (κ2) is 7.90. The van der Waals surface area contributed by atoms with E-state index in [4.69, 9.17) is 0 Å². The van der Waals surface area contributed by atoms with Gasteiger partial charge in [0, 0.05) is 28.2 Å². The normalized spacial score (nSPS) is 10.3. The molecule has 0 aliphatic carbocycles. The third-order valence-electron chi connectivity index (χ3n) is 3.62. The van der Waals surface area contributed by atoms with Gasteiger partial charge in [-0.05, 0) is 55.0 Å². The summed E-state index contributed by atoms with van der Waals surface area (Å²) in [6.07, 6.45) is 3.32. The van der Waals surface area contributed by atoms with Crippen LogP contribution in [-0.4, -0.2) is 15.9 Å². The maximum atomic E-state index is 12.3. The molecule has 2 aromatic heterocycles. The van der Waals surface area contributed by atoms with Gasteiger partial charge in [0.05, 0.1) is 12.2 Å². The third kappa shape index (κ3) is 4.64. The fraction of sp³-hybridized carbons (Fsp3) is 0.105. The van der Waals surface area contributed by atoms with E-state index in [1.807, 2.05) is 49.4 Å². The van der Waals surface area contributed by atoms with Crippen molar-refractivity contribution in [1.82, 2.24) is 15.3 Å². The van der Waals surface area contributed by atoms with Gasteiger partial charge in [0.2, 0.25) is 0 Å². The number of carbonyl (C=O) groups is 1. The van der Waals surface area contributed by atoms with Crippen LogP contribution in [0.25, 0.3) is 0 Å². The van der Waals surface area contributed by atoms with E-state index >= 15 is 0 Å². The van der Waals surface area contributed by atoms with E-state index in [9.17, 15) is 4.79 Å². The number of nitrogens with one attached hydrogen (secondary N) is 2.